The van der Waals surface area contributed by atoms with E-state index in [4.69, 9.17) is 0 Å². The van der Waals surface area contributed by atoms with Crippen molar-refractivity contribution in [3.8, 4) is 0 Å². The number of piperidine rings is 1. The number of likely N-dealkylation sites (tertiary alicyclic amines) is 1. The molecule has 0 radical (unpaired) electrons. The van der Waals surface area contributed by atoms with E-state index in [0.717, 1.165) is 24.9 Å². The molecule has 1 fully saturated rings. The zero-order valence-corrected chi connectivity index (χ0v) is 18.3. The fraction of sp³-hybridized carbons (Fsp3) is 0.429. The highest BCUT2D eigenvalue weighted by atomic mass is 32.2. The van der Waals surface area contributed by atoms with Gasteiger partial charge in [-0.05, 0) is 56.5 Å². The van der Waals surface area contributed by atoms with E-state index in [1.807, 2.05) is 6.92 Å². The van der Waals surface area contributed by atoms with Crippen molar-refractivity contribution in [1.82, 2.24) is 9.62 Å². The second-order valence-electron chi connectivity index (χ2n) is 7.61. The van der Waals surface area contributed by atoms with Crippen molar-refractivity contribution >= 4 is 19.9 Å². The van der Waals surface area contributed by atoms with Gasteiger partial charge in [0.25, 0.3) is 0 Å². The average Bonchev–Trinajstić information content (AvgIpc) is 2.72. The minimum atomic E-state index is -3.53. The van der Waals surface area contributed by atoms with E-state index in [2.05, 4.69) is 9.62 Å². The van der Waals surface area contributed by atoms with E-state index in [1.165, 1.54) is 0 Å². The molecule has 1 aliphatic rings. The molecule has 2 aromatic carbocycles. The molecule has 1 aliphatic heterocycles. The first-order chi connectivity index (χ1) is 13.8. The topological polar surface area (TPSA) is 83.6 Å². The molecule has 0 amide bonds. The summed E-state index contributed by atoms with van der Waals surface area (Å²) in [5.41, 5.74) is 1.01. The quantitative estimate of drug-likeness (QED) is 0.687. The molecule has 0 bridgehead atoms. The summed E-state index contributed by atoms with van der Waals surface area (Å²) in [6, 6.07) is 15.3. The Morgan fingerprint density at radius 2 is 1.66 bits per heavy atom. The van der Waals surface area contributed by atoms with Gasteiger partial charge in [0.2, 0.25) is 10.0 Å². The van der Waals surface area contributed by atoms with Gasteiger partial charge in [0, 0.05) is 19.6 Å². The second kappa shape index (κ2) is 9.38. The number of sulfone groups is 1. The smallest absolute Gasteiger partial charge is 0.240 e. The average molecular weight is 437 g/mol. The molecule has 158 valence electrons. The third-order valence-corrected chi connectivity index (χ3v) is 8.42. The van der Waals surface area contributed by atoms with Gasteiger partial charge in [-0.3, -0.25) is 0 Å². The lowest BCUT2D eigenvalue weighted by atomic mass is 9.98. The third kappa shape index (κ3) is 6.12. The third-order valence-electron chi connectivity index (χ3n) is 5.27. The zero-order chi connectivity index (χ0) is 20.9. The Labute approximate surface area is 173 Å². The molecule has 1 N–H and O–H groups in total. The SMILES string of the molecule is Cc1ccc(S(=O)(=O)NCC2CCCN(CCS(=O)(=O)c3ccccc3)C2)cc1. The summed E-state index contributed by atoms with van der Waals surface area (Å²) >= 11 is 0. The summed E-state index contributed by atoms with van der Waals surface area (Å²) in [5.74, 6) is 0.238. The monoisotopic (exact) mass is 436 g/mol. The fourth-order valence-corrected chi connectivity index (χ4v) is 5.97. The molecule has 0 saturated carbocycles. The van der Waals surface area contributed by atoms with Crippen LogP contribution in [0.2, 0.25) is 0 Å². The minimum absolute atomic E-state index is 0.0683. The Balaban J connectivity index is 1.52. The van der Waals surface area contributed by atoms with Crippen LogP contribution in [-0.2, 0) is 19.9 Å². The lowest BCUT2D eigenvalue weighted by Crippen LogP contribution is -2.42. The molecule has 2 aromatic rings. The van der Waals surface area contributed by atoms with Gasteiger partial charge in [-0.25, -0.2) is 21.6 Å². The van der Waals surface area contributed by atoms with E-state index < -0.39 is 19.9 Å². The number of sulfonamides is 1. The highest BCUT2D eigenvalue weighted by molar-refractivity contribution is 7.91. The largest absolute Gasteiger partial charge is 0.302 e. The lowest BCUT2D eigenvalue weighted by molar-refractivity contribution is 0.185. The van der Waals surface area contributed by atoms with Crippen molar-refractivity contribution in [3.05, 3.63) is 60.2 Å². The van der Waals surface area contributed by atoms with Gasteiger partial charge in [-0.2, -0.15) is 0 Å². The van der Waals surface area contributed by atoms with Crippen molar-refractivity contribution in [3.63, 3.8) is 0 Å². The van der Waals surface area contributed by atoms with Crippen LogP contribution in [0.4, 0.5) is 0 Å². The molecule has 1 saturated heterocycles. The highest BCUT2D eigenvalue weighted by Gasteiger charge is 2.24. The molecular formula is C21H28N2O4S2. The second-order valence-corrected chi connectivity index (χ2v) is 11.5. The molecule has 29 heavy (non-hydrogen) atoms. The van der Waals surface area contributed by atoms with Crippen LogP contribution < -0.4 is 4.72 Å². The maximum absolute atomic E-state index is 12.5. The van der Waals surface area contributed by atoms with Crippen LogP contribution in [0.15, 0.2) is 64.4 Å². The zero-order valence-electron chi connectivity index (χ0n) is 16.6. The summed E-state index contributed by atoms with van der Waals surface area (Å²) in [7, 11) is -6.84. The number of benzene rings is 2. The van der Waals surface area contributed by atoms with Gasteiger partial charge in [-0.1, -0.05) is 35.9 Å². The predicted octanol–water partition coefficient (Wildman–Crippen LogP) is 2.46. The van der Waals surface area contributed by atoms with Crippen molar-refractivity contribution in [2.75, 3.05) is 31.9 Å². The van der Waals surface area contributed by atoms with E-state index >= 15 is 0 Å². The van der Waals surface area contributed by atoms with Crippen molar-refractivity contribution in [1.29, 1.82) is 0 Å². The van der Waals surface area contributed by atoms with Gasteiger partial charge in [-0.15, -0.1) is 0 Å². The van der Waals surface area contributed by atoms with Gasteiger partial charge >= 0.3 is 0 Å². The number of aryl methyl sites for hydroxylation is 1. The Morgan fingerprint density at radius 1 is 0.966 bits per heavy atom. The van der Waals surface area contributed by atoms with E-state index in [9.17, 15) is 16.8 Å². The molecule has 1 unspecified atom stereocenters. The van der Waals surface area contributed by atoms with Crippen LogP contribution in [0.25, 0.3) is 0 Å². The Morgan fingerprint density at radius 3 is 2.34 bits per heavy atom. The van der Waals surface area contributed by atoms with E-state index in [1.54, 1.807) is 54.6 Å². The van der Waals surface area contributed by atoms with Crippen LogP contribution >= 0.6 is 0 Å². The molecule has 1 heterocycles. The maximum Gasteiger partial charge on any atom is 0.240 e. The molecular weight excluding hydrogens is 408 g/mol. The summed E-state index contributed by atoms with van der Waals surface area (Å²) < 4.78 is 52.6. The highest BCUT2D eigenvalue weighted by Crippen LogP contribution is 2.18. The maximum atomic E-state index is 12.5. The number of rotatable bonds is 8. The van der Waals surface area contributed by atoms with Gasteiger partial charge in [0.15, 0.2) is 9.84 Å². The fourth-order valence-electron chi connectivity index (χ4n) is 3.54. The number of nitrogens with zero attached hydrogens (tertiary/aromatic N) is 1. The first-order valence-electron chi connectivity index (χ1n) is 9.83. The summed E-state index contributed by atoms with van der Waals surface area (Å²) in [4.78, 5) is 2.73. The Bertz CT molecular complexity index is 1000. The number of nitrogens with one attached hydrogen (secondary N) is 1. The first-order valence-corrected chi connectivity index (χ1v) is 13.0. The first kappa shape index (κ1) is 22.0. The molecule has 0 aromatic heterocycles. The van der Waals surface area contributed by atoms with Crippen LogP contribution in [0.5, 0.6) is 0 Å². The molecule has 1 atom stereocenters. The van der Waals surface area contributed by atoms with Crippen molar-refractivity contribution in [2.24, 2.45) is 5.92 Å². The standard InChI is InChI=1S/C21H28N2O4S2/c1-18-9-11-21(12-10-18)29(26,27)22-16-19-6-5-13-23(17-19)14-15-28(24,25)20-7-3-2-4-8-20/h2-4,7-12,19,22H,5-6,13-17H2,1H3. The predicted molar refractivity (Wildman–Crippen MR) is 114 cm³/mol. The van der Waals surface area contributed by atoms with Gasteiger partial charge in [0.05, 0.1) is 15.5 Å². The van der Waals surface area contributed by atoms with E-state index in [0.29, 0.717) is 24.5 Å². The summed E-state index contributed by atoms with van der Waals surface area (Å²) in [5, 5.41) is 0. The number of hydrogen-bond acceptors (Lipinski definition) is 5. The van der Waals surface area contributed by atoms with Crippen LogP contribution in [0.1, 0.15) is 18.4 Å². The molecule has 3 rings (SSSR count). The van der Waals surface area contributed by atoms with Crippen LogP contribution in [0.3, 0.4) is 0 Å². The Hall–Kier alpha value is -1.74. The van der Waals surface area contributed by atoms with Crippen molar-refractivity contribution < 1.29 is 16.8 Å². The van der Waals surface area contributed by atoms with Gasteiger partial charge in [0.1, 0.15) is 0 Å². The van der Waals surface area contributed by atoms with Crippen LogP contribution in [0, 0.1) is 12.8 Å². The lowest BCUT2D eigenvalue weighted by Gasteiger charge is -2.32. The van der Waals surface area contributed by atoms with Gasteiger partial charge < -0.3 is 4.90 Å². The molecule has 0 spiro atoms. The normalized spacial score (nSPS) is 18.6. The Kier molecular flexibility index (Phi) is 7.10. The summed E-state index contributed by atoms with van der Waals surface area (Å²) in [6.45, 7) is 4.27. The summed E-state index contributed by atoms with van der Waals surface area (Å²) in [6.07, 6.45) is 1.86. The molecule has 8 heteroatoms. The molecule has 6 nitrogen and oxygen atoms in total. The van der Waals surface area contributed by atoms with E-state index in [-0.39, 0.29) is 16.6 Å². The molecule has 0 aliphatic carbocycles. The van der Waals surface area contributed by atoms with Crippen molar-refractivity contribution in [2.45, 2.75) is 29.6 Å². The minimum Gasteiger partial charge on any atom is -0.302 e. The van der Waals surface area contributed by atoms with Crippen LogP contribution in [-0.4, -0.2) is 53.7 Å². The number of hydrogen-bond donors (Lipinski definition) is 1.